The monoisotopic (exact) mass is 395 g/mol. The van der Waals surface area contributed by atoms with Crippen molar-refractivity contribution in [1.82, 2.24) is 14.9 Å². The van der Waals surface area contributed by atoms with Gasteiger partial charge in [0.25, 0.3) is 0 Å². The highest BCUT2D eigenvalue weighted by Gasteiger charge is 2.22. The lowest BCUT2D eigenvalue weighted by Crippen LogP contribution is -2.42. The first-order chi connectivity index (χ1) is 12.8. The first-order valence-corrected chi connectivity index (χ1v) is 11.3. The molecule has 1 heterocycles. The summed E-state index contributed by atoms with van der Waals surface area (Å²) in [5, 5.41) is 3.21. The van der Waals surface area contributed by atoms with E-state index in [-0.39, 0.29) is 11.8 Å². The Hall–Kier alpha value is -1.64. The first-order valence-electron chi connectivity index (χ1n) is 9.65. The molecule has 1 saturated heterocycles. The van der Waals surface area contributed by atoms with Crippen LogP contribution in [0.4, 0.5) is 0 Å². The van der Waals surface area contributed by atoms with E-state index in [0.29, 0.717) is 18.5 Å². The Bertz CT molecular complexity index is 733. The summed E-state index contributed by atoms with van der Waals surface area (Å²) in [7, 11) is -3.38. The normalized spacial score (nSPS) is 19.0. The van der Waals surface area contributed by atoms with Gasteiger partial charge in [-0.15, -0.1) is 0 Å². The molecule has 1 aromatic carbocycles. The van der Waals surface area contributed by atoms with Gasteiger partial charge in [0, 0.05) is 18.6 Å². The molecule has 1 fully saturated rings. The molecule has 0 aliphatic carbocycles. The molecule has 0 amide bonds. The van der Waals surface area contributed by atoms with Crippen LogP contribution >= 0.6 is 0 Å². The van der Waals surface area contributed by atoms with Crippen LogP contribution in [0.15, 0.2) is 29.3 Å². The Kier molecular flexibility index (Phi) is 8.07. The number of benzene rings is 1. The summed E-state index contributed by atoms with van der Waals surface area (Å²) in [6.07, 6.45) is 2.40. The van der Waals surface area contributed by atoms with Crippen molar-refractivity contribution in [3.05, 3.63) is 35.4 Å². The van der Waals surface area contributed by atoms with Crippen LogP contribution in [0.2, 0.25) is 0 Å². The van der Waals surface area contributed by atoms with Gasteiger partial charge in [0.15, 0.2) is 5.96 Å². The van der Waals surface area contributed by atoms with Gasteiger partial charge in [0.1, 0.15) is 0 Å². The van der Waals surface area contributed by atoms with E-state index in [4.69, 9.17) is 5.73 Å². The number of rotatable bonds is 9. The third-order valence-electron chi connectivity index (χ3n) is 4.72. The molecule has 1 aliphatic heterocycles. The lowest BCUT2D eigenvalue weighted by molar-refractivity contribution is 0.267. The molecule has 1 unspecified atom stereocenters. The van der Waals surface area contributed by atoms with E-state index < -0.39 is 10.0 Å². The van der Waals surface area contributed by atoms with E-state index in [0.717, 1.165) is 30.8 Å². The van der Waals surface area contributed by atoms with Gasteiger partial charge in [-0.3, -0.25) is 4.90 Å². The lowest BCUT2D eigenvalue weighted by Gasteiger charge is -2.23. The van der Waals surface area contributed by atoms with Gasteiger partial charge < -0.3 is 11.1 Å². The topological polar surface area (TPSA) is 99.8 Å². The fraction of sp³-hybridized carbons (Fsp3) is 0.632. The highest BCUT2D eigenvalue weighted by atomic mass is 32.2. The number of nitrogens with zero attached hydrogens (tertiary/aromatic N) is 2. The Morgan fingerprint density at radius 1 is 1.33 bits per heavy atom. The van der Waals surface area contributed by atoms with E-state index in [2.05, 4.69) is 26.9 Å². The Balaban J connectivity index is 1.95. The summed E-state index contributed by atoms with van der Waals surface area (Å²) in [4.78, 5) is 6.85. The third-order valence-corrected chi connectivity index (χ3v) is 6.24. The minimum absolute atomic E-state index is 0.0578. The average Bonchev–Trinajstić information content (AvgIpc) is 3.05. The Morgan fingerprint density at radius 3 is 2.70 bits per heavy atom. The fourth-order valence-corrected chi connectivity index (χ4v) is 4.94. The molecule has 1 atom stereocenters. The van der Waals surface area contributed by atoms with Crippen LogP contribution in [0.5, 0.6) is 0 Å². The van der Waals surface area contributed by atoms with E-state index in [9.17, 15) is 8.42 Å². The maximum Gasteiger partial charge on any atom is 0.216 e. The van der Waals surface area contributed by atoms with Crippen LogP contribution in [-0.2, 0) is 22.3 Å². The molecule has 2 rings (SSSR count). The number of sulfonamides is 1. The molecular weight excluding hydrogens is 362 g/mol. The van der Waals surface area contributed by atoms with Crippen LogP contribution in [0, 0.1) is 0 Å². The zero-order valence-corrected chi connectivity index (χ0v) is 17.4. The van der Waals surface area contributed by atoms with Crippen LogP contribution in [0.1, 0.15) is 44.7 Å². The van der Waals surface area contributed by atoms with Crippen molar-refractivity contribution in [2.45, 2.75) is 58.0 Å². The summed E-state index contributed by atoms with van der Waals surface area (Å²) in [6.45, 7) is 9.14. The first kappa shape index (κ1) is 21.7. The van der Waals surface area contributed by atoms with Crippen LogP contribution in [-0.4, -0.2) is 51.0 Å². The van der Waals surface area contributed by atoms with Crippen molar-refractivity contribution < 1.29 is 8.42 Å². The van der Waals surface area contributed by atoms with Gasteiger partial charge in [-0.2, -0.15) is 0 Å². The molecule has 152 valence electrons. The Labute approximate surface area is 163 Å². The molecule has 0 saturated carbocycles. The molecular formula is C19H33N5O2S. The largest absolute Gasteiger partial charge is 0.370 e. The van der Waals surface area contributed by atoms with Gasteiger partial charge >= 0.3 is 0 Å². The standard InChI is InChI=1S/C19H33N5O2S/c1-4-24-11-7-10-18(24)13-22-19(20)21-12-16-8-5-6-9-17(16)14-27(25,26)23-15(2)3/h5-6,8-9,15,18,23H,4,7,10-14H2,1-3H3,(H3,20,21,22). The second kappa shape index (κ2) is 10.1. The summed E-state index contributed by atoms with van der Waals surface area (Å²) in [5.74, 6) is 0.341. The van der Waals surface area contributed by atoms with E-state index in [1.165, 1.54) is 12.8 Å². The third kappa shape index (κ3) is 7.12. The Morgan fingerprint density at radius 2 is 2.04 bits per heavy atom. The second-order valence-electron chi connectivity index (χ2n) is 7.31. The zero-order valence-electron chi connectivity index (χ0n) is 16.6. The molecule has 1 aromatic rings. The molecule has 27 heavy (non-hydrogen) atoms. The highest BCUT2D eigenvalue weighted by molar-refractivity contribution is 7.88. The molecule has 7 nitrogen and oxygen atoms in total. The molecule has 1 aliphatic rings. The number of nitrogens with two attached hydrogens (primary N) is 1. The molecule has 4 N–H and O–H groups in total. The van der Waals surface area contributed by atoms with E-state index >= 15 is 0 Å². The van der Waals surface area contributed by atoms with Crippen molar-refractivity contribution in [1.29, 1.82) is 0 Å². The van der Waals surface area contributed by atoms with E-state index in [1.807, 2.05) is 38.1 Å². The summed E-state index contributed by atoms with van der Waals surface area (Å²) in [6, 6.07) is 7.83. The SMILES string of the molecule is CCN1CCCC1CNC(N)=NCc1ccccc1CS(=O)(=O)NC(C)C. The van der Waals surface area contributed by atoms with Gasteiger partial charge in [-0.05, 0) is 50.9 Å². The minimum atomic E-state index is -3.38. The fourth-order valence-electron chi connectivity index (χ4n) is 3.45. The molecule has 0 aromatic heterocycles. The predicted octanol–water partition coefficient (Wildman–Crippen LogP) is 1.40. The van der Waals surface area contributed by atoms with Crippen molar-refractivity contribution in [3.63, 3.8) is 0 Å². The molecule has 0 spiro atoms. The number of hydrogen-bond donors (Lipinski definition) is 3. The second-order valence-corrected chi connectivity index (χ2v) is 9.06. The number of aliphatic imine (C=N–C) groups is 1. The van der Waals surface area contributed by atoms with Crippen molar-refractivity contribution in [2.75, 3.05) is 19.6 Å². The number of likely N-dealkylation sites (N-methyl/N-ethyl adjacent to an activating group) is 1. The minimum Gasteiger partial charge on any atom is -0.370 e. The number of nitrogens with one attached hydrogen (secondary N) is 2. The summed E-state index contributed by atoms with van der Waals surface area (Å²) < 4.78 is 27.1. The summed E-state index contributed by atoms with van der Waals surface area (Å²) >= 11 is 0. The molecule has 8 heteroatoms. The lowest BCUT2D eigenvalue weighted by atomic mass is 10.1. The molecule has 0 bridgehead atoms. The van der Waals surface area contributed by atoms with Crippen molar-refractivity contribution in [2.24, 2.45) is 10.7 Å². The smallest absolute Gasteiger partial charge is 0.216 e. The maximum atomic E-state index is 12.2. The number of hydrogen-bond acceptors (Lipinski definition) is 4. The maximum absolute atomic E-state index is 12.2. The number of likely N-dealkylation sites (tertiary alicyclic amines) is 1. The molecule has 0 radical (unpaired) electrons. The average molecular weight is 396 g/mol. The highest BCUT2D eigenvalue weighted by Crippen LogP contribution is 2.16. The predicted molar refractivity (Wildman–Crippen MR) is 111 cm³/mol. The quantitative estimate of drug-likeness (QED) is 0.434. The van der Waals surface area contributed by atoms with Crippen molar-refractivity contribution in [3.8, 4) is 0 Å². The number of guanidine groups is 1. The van der Waals surface area contributed by atoms with E-state index in [1.54, 1.807) is 0 Å². The van der Waals surface area contributed by atoms with Gasteiger partial charge in [-0.1, -0.05) is 31.2 Å². The van der Waals surface area contributed by atoms with Gasteiger partial charge in [0.05, 0.1) is 12.3 Å². The van der Waals surface area contributed by atoms with Crippen LogP contribution < -0.4 is 15.8 Å². The van der Waals surface area contributed by atoms with Crippen LogP contribution in [0.3, 0.4) is 0 Å². The summed E-state index contributed by atoms with van der Waals surface area (Å²) in [5.41, 5.74) is 7.63. The van der Waals surface area contributed by atoms with Crippen LogP contribution in [0.25, 0.3) is 0 Å². The zero-order chi connectivity index (χ0) is 19.9. The van der Waals surface area contributed by atoms with Crippen molar-refractivity contribution >= 4 is 16.0 Å². The van der Waals surface area contributed by atoms with Gasteiger partial charge in [-0.25, -0.2) is 18.1 Å². The van der Waals surface area contributed by atoms with Gasteiger partial charge in [0.2, 0.25) is 10.0 Å².